The van der Waals surface area contributed by atoms with Crippen LogP contribution in [0, 0.1) is 5.92 Å². The Balaban J connectivity index is 1.99. The third-order valence-electron chi connectivity index (χ3n) is 4.05. The molecule has 1 fully saturated rings. The van der Waals surface area contributed by atoms with Gasteiger partial charge < -0.3 is 4.90 Å². The average molecular weight is 338 g/mol. The molecule has 24 heavy (non-hydrogen) atoms. The fourth-order valence-corrected chi connectivity index (χ4v) is 4.16. The Morgan fingerprint density at radius 1 is 1.33 bits per heavy atom. The smallest absolute Gasteiger partial charge is 0.233 e. The van der Waals surface area contributed by atoms with E-state index in [-0.39, 0.29) is 11.3 Å². The molecule has 3 nitrogen and oxygen atoms in total. The predicted octanol–water partition coefficient (Wildman–Crippen LogP) is 4.62. The van der Waals surface area contributed by atoms with E-state index in [9.17, 15) is 4.79 Å². The summed E-state index contributed by atoms with van der Waals surface area (Å²) in [6, 6.07) is 12.3. The topological polar surface area (TPSA) is 33.2 Å². The number of hydrogen-bond donors (Lipinski definition) is 0. The fourth-order valence-electron chi connectivity index (χ4n) is 2.94. The van der Waals surface area contributed by atoms with Crippen LogP contribution < -0.4 is 0 Å². The Hall–Kier alpha value is -2.07. The number of carbonyl (C=O) groups excluding carboxylic acids is 1. The van der Waals surface area contributed by atoms with Crippen molar-refractivity contribution in [3.63, 3.8) is 0 Å². The number of pyridine rings is 1. The van der Waals surface area contributed by atoms with Crippen LogP contribution in [0.4, 0.5) is 0 Å². The zero-order chi connectivity index (χ0) is 17.1. The number of hydrogen-bond acceptors (Lipinski definition) is 3. The van der Waals surface area contributed by atoms with Crippen molar-refractivity contribution in [2.45, 2.75) is 19.2 Å². The van der Waals surface area contributed by atoms with E-state index in [1.165, 1.54) is 0 Å². The molecule has 0 N–H and O–H groups in total. The van der Waals surface area contributed by atoms with Gasteiger partial charge in [0, 0.05) is 23.9 Å². The van der Waals surface area contributed by atoms with Gasteiger partial charge in [0.05, 0.1) is 11.4 Å². The summed E-state index contributed by atoms with van der Waals surface area (Å²) in [6.45, 7) is 8.86. The second kappa shape index (κ2) is 7.22. The molecule has 0 saturated carbocycles. The van der Waals surface area contributed by atoms with Crippen molar-refractivity contribution in [3.8, 4) is 11.3 Å². The van der Waals surface area contributed by atoms with Crippen molar-refractivity contribution in [1.29, 1.82) is 0 Å². The van der Waals surface area contributed by atoms with Crippen molar-refractivity contribution in [1.82, 2.24) is 9.88 Å². The van der Waals surface area contributed by atoms with Crippen molar-refractivity contribution in [2.24, 2.45) is 5.92 Å². The zero-order valence-electron chi connectivity index (χ0n) is 14.1. The molecule has 0 bridgehead atoms. The first kappa shape index (κ1) is 16.8. The van der Waals surface area contributed by atoms with E-state index in [4.69, 9.17) is 0 Å². The van der Waals surface area contributed by atoms with Gasteiger partial charge in [-0.3, -0.25) is 9.78 Å². The zero-order valence-corrected chi connectivity index (χ0v) is 14.9. The number of thioether (sulfide) groups is 1. The molecule has 0 radical (unpaired) electrons. The van der Waals surface area contributed by atoms with Gasteiger partial charge in [-0.25, -0.2) is 0 Å². The van der Waals surface area contributed by atoms with Crippen LogP contribution in [0.2, 0.25) is 0 Å². The lowest BCUT2D eigenvalue weighted by Gasteiger charge is -2.27. The monoisotopic (exact) mass is 338 g/mol. The quantitative estimate of drug-likeness (QED) is 0.797. The van der Waals surface area contributed by atoms with Gasteiger partial charge in [-0.2, -0.15) is 0 Å². The first-order chi connectivity index (χ1) is 11.6. The molecule has 0 spiro atoms. The maximum Gasteiger partial charge on any atom is 0.233 e. The molecular weight excluding hydrogens is 316 g/mol. The lowest BCUT2D eigenvalue weighted by Crippen LogP contribution is -2.32. The van der Waals surface area contributed by atoms with Crippen LogP contribution >= 0.6 is 11.8 Å². The summed E-state index contributed by atoms with van der Waals surface area (Å²) in [5.74, 6) is 1.21. The minimum absolute atomic E-state index is 0.0441. The number of benzene rings is 1. The first-order valence-corrected chi connectivity index (χ1v) is 9.24. The van der Waals surface area contributed by atoms with E-state index in [2.05, 4.69) is 43.6 Å². The third-order valence-corrected chi connectivity index (χ3v) is 5.29. The largest absolute Gasteiger partial charge is 0.325 e. The van der Waals surface area contributed by atoms with E-state index in [0.29, 0.717) is 11.7 Å². The van der Waals surface area contributed by atoms with E-state index in [1.807, 2.05) is 35.4 Å². The van der Waals surface area contributed by atoms with Crippen LogP contribution in [0.5, 0.6) is 0 Å². The normalized spacial score (nSPS) is 17.5. The standard InChI is InChI=1S/C20H22N2OS/c1-4-15-7-9-16(10-8-15)19-17(6-5-11-21-19)20-22(12-14(2)3)18(23)13-24-20/h4-11,14,20H,1,12-13H2,2-3H3. The molecule has 1 unspecified atom stereocenters. The molecule has 1 aliphatic heterocycles. The Bertz CT molecular complexity index is 740. The molecule has 1 aromatic carbocycles. The lowest BCUT2D eigenvalue weighted by molar-refractivity contribution is -0.128. The maximum absolute atomic E-state index is 12.3. The van der Waals surface area contributed by atoms with Gasteiger partial charge in [-0.15, -0.1) is 11.8 Å². The Morgan fingerprint density at radius 2 is 2.08 bits per heavy atom. The van der Waals surface area contributed by atoms with E-state index in [1.54, 1.807) is 11.8 Å². The fraction of sp³-hybridized carbons (Fsp3) is 0.300. The summed E-state index contributed by atoms with van der Waals surface area (Å²) in [5, 5.41) is 0.0441. The van der Waals surface area contributed by atoms with Crippen LogP contribution in [0.15, 0.2) is 49.2 Å². The summed E-state index contributed by atoms with van der Waals surface area (Å²) >= 11 is 1.69. The molecule has 1 aromatic heterocycles. The van der Waals surface area contributed by atoms with Gasteiger partial charge in [0.2, 0.25) is 5.91 Å². The second-order valence-corrected chi connectivity index (χ2v) is 7.44. The van der Waals surface area contributed by atoms with Crippen molar-refractivity contribution >= 4 is 23.7 Å². The molecule has 2 heterocycles. The van der Waals surface area contributed by atoms with Gasteiger partial charge in [-0.1, -0.05) is 56.8 Å². The number of aromatic nitrogens is 1. The van der Waals surface area contributed by atoms with Gasteiger partial charge in [-0.05, 0) is 17.5 Å². The number of nitrogens with zero attached hydrogens (tertiary/aromatic N) is 2. The SMILES string of the molecule is C=Cc1ccc(-c2ncccc2C2SCC(=O)N2CC(C)C)cc1. The van der Waals surface area contributed by atoms with E-state index >= 15 is 0 Å². The second-order valence-electron chi connectivity index (χ2n) is 6.37. The molecule has 1 atom stereocenters. The van der Waals surface area contributed by atoms with Gasteiger partial charge in [0.1, 0.15) is 5.37 Å². The third kappa shape index (κ3) is 3.39. The number of carbonyl (C=O) groups is 1. The van der Waals surface area contributed by atoms with Gasteiger partial charge in [0.25, 0.3) is 0 Å². The van der Waals surface area contributed by atoms with Crippen molar-refractivity contribution < 1.29 is 4.79 Å². The van der Waals surface area contributed by atoms with Gasteiger partial charge >= 0.3 is 0 Å². The molecular formula is C20H22N2OS. The molecule has 124 valence electrons. The summed E-state index contributed by atoms with van der Waals surface area (Å²) in [7, 11) is 0. The van der Waals surface area contributed by atoms with Crippen molar-refractivity contribution in [3.05, 3.63) is 60.3 Å². The van der Waals surface area contributed by atoms with Crippen LogP contribution in [-0.4, -0.2) is 28.1 Å². The summed E-state index contributed by atoms with van der Waals surface area (Å²) < 4.78 is 0. The molecule has 4 heteroatoms. The number of rotatable bonds is 5. The van der Waals surface area contributed by atoms with Crippen LogP contribution in [-0.2, 0) is 4.79 Å². The molecule has 1 aliphatic rings. The van der Waals surface area contributed by atoms with E-state index < -0.39 is 0 Å². The minimum Gasteiger partial charge on any atom is -0.325 e. The van der Waals surface area contributed by atoms with Crippen LogP contribution in [0.25, 0.3) is 17.3 Å². The molecule has 1 amide bonds. The van der Waals surface area contributed by atoms with Gasteiger partial charge in [0.15, 0.2) is 0 Å². The highest BCUT2D eigenvalue weighted by atomic mass is 32.2. The first-order valence-electron chi connectivity index (χ1n) is 8.19. The maximum atomic E-state index is 12.3. The van der Waals surface area contributed by atoms with E-state index in [0.717, 1.165) is 28.9 Å². The molecule has 1 saturated heterocycles. The number of amides is 1. The summed E-state index contributed by atoms with van der Waals surface area (Å²) in [4.78, 5) is 18.9. The summed E-state index contributed by atoms with van der Waals surface area (Å²) in [5.41, 5.74) is 4.22. The molecule has 2 aromatic rings. The van der Waals surface area contributed by atoms with Crippen LogP contribution in [0.3, 0.4) is 0 Å². The molecule has 0 aliphatic carbocycles. The highest BCUT2D eigenvalue weighted by molar-refractivity contribution is 8.00. The van der Waals surface area contributed by atoms with Crippen LogP contribution in [0.1, 0.15) is 30.3 Å². The van der Waals surface area contributed by atoms with Crippen molar-refractivity contribution in [2.75, 3.05) is 12.3 Å². The summed E-state index contributed by atoms with van der Waals surface area (Å²) in [6.07, 6.45) is 3.65. The average Bonchev–Trinajstić information content (AvgIpc) is 2.95. The Kier molecular flexibility index (Phi) is 5.05. The predicted molar refractivity (Wildman–Crippen MR) is 102 cm³/mol. The molecule has 3 rings (SSSR count). The minimum atomic E-state index is 0.0441. The highest BCUT2D eigenvalue weighted by Crippen LogP contribution is 2.42. The Morgan fingerprint density at radius 3 is 2.75 bits per heavy atom. The lowest BCUT2D eigenvalue weighted by atomic mass is 10.0. The Labute approximate surface area is 147 Å². The highest BCUT2D eigenvalue weighted by Gasteiger charge is 2.34.